The smallest absolute Gasteiger partial charge is 0.378 e. The van der Waals surface area contributed by atoms with Gasteiger partial charge in [0.05, 0.1) is 13.2 Å². The molecule has 0 amide bonds. The number of hydrogen-bond donors (Lipinski definition) is 0. The highest BCUT2D eigenvalue weighted by Crippen LogP contribution is 2.16. The van der Waals surface area contributed by atoms with Crippen LogP contribution in [-0.2, 0) is 11.3 Å². The molecule has 0 spiro atoms. The number of benzene rings is 1. The van der Waals surface area contributed by atoms with E-state index in [-0.39, 0.29) is 12.4 Å². The fourth-order valence-electron chi connectivity index (χ4n) is 1.44. The quantitative estimate of drug-likeness (QED) is 0.786. The average Bonchev–Trinajstić information content (AvgIpc) is 2.81. The lowest BCUT2D eigenvalue weighted by molar-refractivity contribution is 0.0505. The molecule has 0 atom stereocenters. The van der Waals surface area contributed by atoms with Crippen molar-refractivity contribution in [1.29, 1.82) is 0 Å². The molecule has 18 heavy (non-hydrogen) atoms. The number of ether oxygens (including phenoxy) is 1. The summed E-state index contributed by atoms with van der Waals surface area (Å²) in [4.78, 5) is 11.6. The highest BCUT2D eigenvalue weighted by Gasteiger charge is 2.17. The Labute approximate surface area is 109 Å². The second-order valence-electron chi connectivity index (χ2n) is 3.47. The maximum Gasteiger partial charge on any atom is 0.378 e. The van der Waals surface area contributed by atoms with Crippen molar-refractivity contribution in [1.82, 2.24) is 20.2 Å². The van der Waals surface area contributed by atoms with Crippen molar-refractivity contribution in [2.24, 2.45) is 0 Å². The molecule has 2 rings (SSSR count). The van der Waals surface area contributed by atoms with Crippen LogP contribution in [0.5, 0.6) is 0 Å². The molecule has 0 radical (unpaired) electrons. The molecular formula is C11H11ClN4O2. The summed E-state index contributed by atoms with van der Waals surface area (Å²) < 4.78 is 6.22. The Bertz CT molecular complexity index is 555. The first-order chi connectivity index (χ1) is 8.72. The second-order valence-corrected chi connectivity index (χ2v) is 3.88. The molecule has 1 aromatic heterocycles. The summed E-state index contributed by atoms with van der Waals surface area (Å²) in [6.45, 7) is 2.32. The lowest BCUT2D eigenvalue weighted by Crippen LogP contribution is -2.15. The topological polar surface area (TPSA) is 69.9 Å². The summed E-state index contributed by atoms with van der Waals surface area (Å²) in [5.74, 6) is -0.480. The number of esters is 1. The van der Waals surface area contributed by atoms with E-state index in [0.717, 1.165) is 5.56 Å². The third-order valence-corrected chi connectivity index (χ3v) is 2.64. The first-order valence-electron chi connectivity index (χ1n) is 5.39. The van der Waals surface area contributed by atoms with Crippen LogP contribution in [0, 0.1) is 0 Å². The molecule has 0 saturated carbocycles. The molecule has 6 nitrogen and oxygen atoms in total. The van der Waals surface area contributed by atoms with E-state index in [1.165, 1.54) is 4.68 Å². The molecule has 0 aliphatic heterocycles. The Morgan fingerprint density at radius 2 is 2.22 bits per heavy atom. The van der Waals surface area contributed by atoms with Crippen molar-refractivity contribution in [3.05, 3.63) is 40.7 Å². The van der Waals surface area contributed by atoms with Crippen LogP contribution in [0.4, 0.5) is 0 Å². The van der Waals surface area contributed by atoms with Crippen LogP contribution >= 0.6 is 11.6 Å². The van der Waals surface area contributed by atoms with E-state index in [1.54, 1.807) is 13.0 Å². The summed E-state index contributed by atoms with van der Waals surface area (Å²) in [7, 11) is 0. The maximum absolute atomic E-state index is 11.6. The summed E-state index contributed by atoms with van der Waals surface area (Å²) in [5, 5.41) is 11.5. The van der Waals surface area contributed by atoms with Gasteiger partial charge in [-0.15, -0.1) is 5.10 Å². The number of hydrogen-bond acceptors (Lipinski definition) is 5. The van der Waals surface area contributed by atoms with Crippen LogP contribution in [0.2, 0.25) is 5.02 Å². The van der Waals surface area contributed by atoms with Crippen molar-refractivity contribution < 1.29 is 9.53 Å². The van der Waals surface area contributed by atoms with Crippen LogP contribution in [0.1, 0.15) is 23.1 Å². The normalized spacial score (nSPS) is 10.3. The predicted octanol–water partition coefficient (Wildman–Crippen LogP) is 1.55. The van der Waals surface area contributed by atoms with Gasteiger partial charge in [0.1, 0.15) is 0 Å². The molecule has 0 saturated heterocycles. The van der Waals surface area contributed by atoms with Crippen LogP contribution in [0.15, 0.2) is 24.3 Å². The number of rotatable bonds is 4. The van der Waals surface area contributed by atoms with Crippen LogP contribution in [0.3, 0.4) is 0 Å². The minimum atomic E-state index is -0.547. The Morgan fingerprint density at radius 1 is 1.44 bits per heavy atom. The largest absolute Gasteiger partial charge is 0.460 e. The van der Waals surface area contributed by atoms with Gasteiger partial charge in [0.25, 0.3) is 5.82 Å². The minimum absolute atomic E-state index is 0.0665. The third-order valence-electron chi connectivity index (χ3n) is 2.27. The van der Waals surface area contributed by atoms with E-state index >= 15 is 0 Å². The average molecular weight is 267 g/mol. The number of halogens is 1. The van der Waals surface area contributed by atoms with Crippen molar-refractivity contribution in [2.75, 3.05) is 6.61 Å². The van der Waals surface area contributed by atoms with Gasteiger partial charge in [-0.2, -0.15) is 0 Å². The van der Waals surface area contributed by atoms with Crippen molar-refractivity contribution in [2.45, 2.75) is 13.5 Å². The SMILES string of the molecule is CCOC(=O)c1nnnn1Cc1ccccc1Cl. The number of carbonyl (C=O) groups is 1. The minimum Gasteiger partial charge on any atom is -0.460 e. The zero-order chi connectivity index (χ0) is 13.0. The fourth-order valence-corrected chi connectivity index (χ4v) is 1.64. The number of nitrogens with zero attached hydrogens (tertiary/aromatic N) is 4. The highest BCUT2D eigenvalue weighted by molar-refractivity contribution is 6.31. The van der Waals surface area contributed by atoms with Gasteiger partial charge in [0.2, 0.25) is 0 Å². The summed E-state index contributed by atoms with van der Waals surface area (Å²) >= 11 is 6.04. The van der Waals surface area contributed by atoms with E-state index < -0.39 is 5.97 Å². The molecule has 7 heteroatoms. The van der Waals surface area contributed by atoms with E-state index in [0.29, 0.717) is 11.6 Å². The lowest BCUT2D eigenvalue weighted by atomic mass is 10.2. The first-order valence-corrected chi connectivity index (χ1v) is 5.77. The van der Waals surface area contributed by atoms with E-state index in [4.69, 9.17) is 16.3 Å². The van der Waals surface area contributed by atoms with Gasteiger partial charge in [-0.3, -0.25) is 0 Å². The van der Waals surface area contributed by atoms with E-state index in [1.807, 2.05) is 18.2 Å². The van der Waals surface area contributed by atoms with Gasteiger partial charge in [0.15, 0.2) is 0 Å². The van der Waals surface area contributed by atoms with Gasteiger partial charge in [-0.1, -0.05) is 29.8 Å². The molecule has 0 N–H and O–H groups in total. The van der Waals surface area contributed by atoms with E-state index in [2.05, 4.69) is 15.5 Å². The van der Waals surface area contributed by atoms with Crippen molar-refractivity contribution in [3.63, 3.8) is 0 Å². The second kappa shape index (κ2) is 5.59. The molecule has 0 bridgehead atoms. The highest BCUT2D eigenvalue weighted by atomic mass is 35.5. The van der Waals surface area contributed by atoms with Gasteiger partial charge in [-0.25, -0.2) is 9.48 Å². The molecule has 0 aliphatic carbocycles. The molecule has 0 aliphatic rings. The zero-order valence-electron chi connectivity index (χ0n) is 9.71. The number of tetrazole rings is 1. The fraction of sp³-hybridized carbons (Fsp3) is 0.273. The molecule has 2 aromatic rings. The molecule has 1 aromatic carbocycles. The molecule has 1 heterocycles. The van der Waals surface area contributed by atoms with Gasteiger partial charge in [0, 0.05) is 5.02 Å². The molecule has 0 fully saturated rings. The van der Waals surface area contributed by atoms with Gasteiger partial charge < -0.3 is 4.74 Å². The Hall–Kier alpha value is -1.95. The van der Waals surface area contributed by atoms with Gasteiger partial charge >= 0.3 is 5.97 Å². The third kappa shape index (κ3) is 2.65. The Kier molecular flexibility index (Phi) is 3.88. The van der Waals surface area contributed by atoms with Crippen molar-refractivity contribution in [3.8, 4) is 0 Å². The summed E-state index contributed by atoms with van der Waals surface area (Å²) in [6.07, 6.45) is 0. The van der Waals surface area contributed by atoms with Crippen LogP contribution in [0.25, 0.3) is 0 Å². The standard InChI is InChI=1S/C11H11ClN4O2/c1-2-18-11(17)10-13-14-15-16(10)7-8-5-3-4-6-9(8)12/h3-6H,2,7H2,1H3. The monoisotopic (exact) mass is 266 g/mol. The predicted molar refractivity (Wildman–Crippen MR) is 64.3 cm³/mol. The number of aromatic nitrogens is 4. The van der Waals surface area contributed by atoms with Gasteiger partial charge in [-0.05, 0) is 29.0 Å². The Balaban J connectivity index is 2.23. The first kappa shape index (κ1) is 12.5. The van der Waals surface area contributed by atoms with Crippen molar-refractivity contribution >= 4 is 17.6 Å². The summed E-state index contributed by atoms with van der Waals surface area (Å²) in [5.41, 5.74) is 0.831. The summed E-state index contributed by atoms with van der Waals surface area (Å²) in [6, 6.07) is 7.30. The number of carbonyl (C=O) groups excluding carboxylic acids is 1. The Morgan fingerprint density at radius 3 is 2.94 bits per heavy atom. The molecule has 0 unspecified atom stereocenters. The maximum atomic E-state index is 11.6. The van der Waals surface area contributed by atoms with E-state index in [9.17, 15) is 4.79 Å². The molecule has 94 valence electrons. The molecular weight excluding hydrogens is 256 g/mol. The lowest BCUT2D eigenvalue weighted by Gasteiger charge is -2.05. The zero-order valence-corrected chi connectivity index (χ0v) is 10.5. The van der Waals surface area contributed by atoms with Crippen LogP contribution < -0.4 is 0 Å². The van der Waals surface area contributed by atoms with Crippen LogP contribution in [-0.4, -0.2) is 32.8 Å².